The van der Waals surface area contributed by atoms with Crippen molar-refractivity contribution in [1.82, 2.24) is 30.4 Å². The van der Waals surface area contributed by atoms with Crippen LogP contribution in [0.4, 0.5) is 20.3 Å². The fourth-order valence-electron chi connectivity index (χ4n) is 4.86. The summed E-state index contributed by atoms with van der Waals surface area (Å²) >= 11 is 1.31. The number of hydrogen-bond donors (Lipinski definition) is 3. The number of pyridine rings is 1. The average molecular weight is 520 g/mol. The molecule has 0 amide bonds. The lowest BCUT2D eigenvalue weighted by molar-refractivity contribution is 0.263. The van der Waals surface area contributed by atoms with Gasteiger partial charge >= 0.3 is 0 Å². The zero-order chi connectivity index (χ0) is 25.6. The number of H-pyrrole nitrogens is 1. The van der Waals surface area contributed by atoms with Crippen molar-refractivity contribution in [3.05, 3.63) is 59.9 Å². The van der Waals surface area contributed by atoms with Crippen LogP contribution in [0.25, 0.3) is 11.0 Å². The average Bonchev–Trinajstić information content (AvgIpc) is 3.38. The van der Waals surface area contributed by atoms with Crippen molar-refractivity contribution in [3.63, 3.8) is 0 Å². The summed E-state index contributed by atoms with van der Waals surface area (Å²) in [5, 5.41) is 13.9. The molecule has 4 aromatic rings. The molecule has 0 saturated heterocycles. The van der Waals surface area contributed by atoms with Gasteiger partial charge in [-0.15, -0.1) is 11.5 Å². The Bertz CT molecular complexity index is 1570. The zero-order valence-electron chi connectivity index (χ0n) is 19.2. The quantitative estimate of drug-likeness (QED) is 0.314. The van der Waals surface area contributed by atoms with Crippen LogP contribution in [0, 0.1) is 24.1 Å². The van der Waals surface area contributed by atoms with E-state index in [-0.39, 0.29) is 29.1 Å². The highest BCUT2D eigenvalue weighted by Gasteiger charge is 2.70. The highest BCUT2D eigenvalue weighted by molar-refractivity contribution is 8.14. The predicted octanol–water partition coefficient (Wildman–Crippen LogP) is 3.18. The monoisotopic (exact) mass is 519 g/mol. The third kappa shape index (κ3) is 3.72. The Morgan fingerprint density at radius 3 is 3.00 bits per heavy atom. The van der Waals surface area contributed by atoms with E-state index in [1.165, 1.54) is 36.2 Å². The second kappa shape index (κ2) is 8.67. The molecule has 4 N–H and O–H groups in total. The molecule has 1 aliphatic heterocycles. The lowest BCUT2D eigenvalue weighted by Gasteiger charge is -2.34. The molecule has 3 aromatic heterocycles. The van der Waals surface area contributed by atoms with Gasteiger partial charge in [-0.3, -0.25) is 5.10 Å². The predicted molar refractivity (Wildman–Crippen MR) is 134 cm³/mol. The van der Waals surface area contributed by atoms with E-state index in [1.54, 1.807) is 18.5 Å². The molecular weight excluding hydrogens is 500 g/mol. The minimum atomic E-state index is -1.51. The number of alkyl halides is 1. The summed E-state index contributed by atoms with van der Waals surface area (Å²) < 4.78 is 34.9. The van der Waals surface area contributed by atoms with E-state index in [2.05, 4.69) is 46.6 Å². The Balaban J connectivity index is 1.37. The van der Waals surface area contributed by atoms with E-state index in [0.717, 1.165) is 0 Å². The maximum absolute atomic E-state index is 15.3. The number of hydrogen-bond acceptors (Lipinski definition) is 10. The molecule has 3 atom stereocenters. The third-order valence-corrected chi connectivity index (χ3v) is 7.90. The molecule has 0 radical (unpaired) electrons. The van der Waals surface area contributed by atoms with Crippen LogP contribution >= 0.6 is 11.8 Å². The number of ether oxygens (including phenoxy) is 1. The molecule has 186 valence electrons. The van der Waals surface area contributed by atoms with Gasteiger partial charge in [-0.05, 0) is 30.7 Å². The van der Waals surface area contributed by atoms with Gasteiger partial charge in [0.15, 0.2) is 17.6 Å². The van der Waals surface area contributed by atoms with Crippen LogP contribution in [0.2, 0.25) is 0 Å². The van der Waals surface area contributed by atoms with Crippen LogP contribution in [0.5, 0.6) is 5.88 Å². The number of terminal acetylenes is 1. The number of nitrogens with two attached hydrogens (primary N) is 1. The van der Waals surface area contributed by atoms with Crippen molar-refractivity contribution in [2.75, 3.05) is 18.6 Å². The Hall–Kier alpha value is -4.31. The molecule has 1 aliphatic carbocycles. The first kappa shape index (κ1) is 23.1. The number of benzene rings is 1. The number of thioether (sulfide) groups is 1. The summed E-state index contributed by atoms with van der Waals surface area (Å²) in [6.45, 7) is -0.868. The second-order valence-corrected chi connectivity index (χ2v) is 10.0. The standard InChI is InChI=1S/C24H19F2N9OS/c1-2-7-36-19-11-29-20-16(32-19)5-6-28-21(20)31-13-3-4-15(26)14(8-13)23(12-25)17-9-24(17,37-22(27)33-23)18-10-30-35-34-18/h1,3-6,8,10-11,17H,7,9,12H2,(H2,27,33)(H,28,31)(H,30,34,35)/t17?,23-,24+/m1/s1. The Kier molecular flexibility index (Phi) is 5.41. The molecule has 37 heavy (non-hydrogen) atoms. The van der Waals surface area contributed by atoms with Crippen molar-refractivity contribution in [3.8, 4) is 18.2 Å². The van der Waals surface area contributed by atoms with Crippen LogP contribution in [0.3, 0.4) is 0 Å². The van der Waals surface area contributed by atoms with Gasteiger partial charge in [-0.2, -0.15) is 0 Å². The van der Waals surface area contributed by atoms with Crippen LogP contribution in [0.15, 0.2) is 47.8 Å². The van der Waals surface area contributed by atoms with Crippen molar-refractivity contribution < 1.29 is 13.5 Å². The Morgan fingerprint density at radius 2 is 2.22 bits per heavy atom. The van der Waals surface area contributed by atoms with Crippen molar-refractivity contribution >= 4 is 39.5 Å². The lowest BCUT2D eigenvalue weighted by atomic mass is 9.84. The van der Waals surface area contributed by atoms with Gasteiger partial charge in [-0.25, -0.2) is 28.7 Å². The third-order valence-electron chi connectivity index (χ3n) is 6.57. The molecule has 13 heteroatoms. The van der Waals surface area contributed by atoms with Gasteiger partial charge in [0, 0.05) is 29.6 Å². The van der Waals surface area contributed by atoms with Gasteiger partial charge in [0.25, 0.3) is 0 Å². The second-order valence-electron chi connectivity index (χ2n) is 8.66. The number of rotatable bonds is 7. The van der Waals surface area contributed by atoms with E-state index >= 15 is 4.39 Å². The number of aliphatic imine (C=N–C) groups is 1. The molecule has 1 unspecified atom stereocenters. The van der Waals surface area contributed by atoms with E-state index in [0.29, 0.717) is 34.7 Å². The molecule has 1 fully saturated rings. The maximum atomic E-state index is 15.3. The smallest absolute Gasteiger partial charge is 0.233 e. The number of fused-ring (bicyclic) bond motifs is 2. The first-order valence-corrected chi connectivity index (χ1v) is 12.0. The van der Waals surface area contributed by atoms with Crippen molar-refractivity contribution in [1.29, 1.82) is 0 Å². The van der Waals surface area contributed by atoms with Gasteiger partial charge < -0.3 is 15.8 Å². The number of anilines is 2. The van der Waals surface area contributed by atoms with Gasteiger partial charge in [0.2, 0.25) is 5.88 Å². The maximum Gasteiger partial charge on any atom is 0.233 e. The Labute approximate surface area is 213 Å². The molecular formula is C24H19F2N9OS. The molecule has 2 aliphatic rings. The summed E-state index contributed by atoms with van der Waals surface area (Å²) in [7, 11) is 0. The molecule has 0 bridgehead atoms. The minimum absolute atomic E-state index is 0.0650. The summed E-state index contributed by atoms with van der Waals surface area (Å²) in [5.41, 5.74) is 6.83. The van der Waals surface area contributed by atoms with Crippen LogP contribution in [0.1, 0.15) is 17.7 Å². The first-order chi connectivity index (χ1) is 18.0. The summed E-state index contributed by atoms with van der Waals surface area (Å²) in [6.07, 6.45) is 10.4. The summed E-state index contributed by atoms with van der Waals surface area (Å²) in [4.78, 5) is 17.6. The van der Waals surface area contributed by atoms with E-state index in [1.807, 2.05) is 0 Å². The number of halogens is 2. The largest absolute Gasteiger partial charge is 0.463 e. The van der Waals surface area contributed by atoms with Crippen molar-refractivity contribution in [2.24, 2.45) is 16.6 Å². The molecule has 0 spiro atoms. The zero-order valence-corrected chi connectivity index (χ0v) is 20.0. The van der Waals surface area contributed by atoms with Crippen LogP contribution < -0.4 is 15.8 Å². The molecule has 6 rings (SSSR count). The fourth-order valence-corrected chi connectivity index (χ4v) is 6.23. The molecule has 10 nitrogen and oxygen atoms in total. The van der Waals surface area contributed by atoms with E-state index in [4.69, 9.17) is 16.9 Å². The number of aromatic nitrogens is 6. The van der Waals surface area contributed by atoms with Crippen molar-refractivity contribution in [2.45, 2.75) is 16.7 Å². The van der Waals surface area contributed by atoms with E-state index in [9.17, 15) is 4.39 Å². The van der Waals surface area contributed by atoms with Gasteiger partial charge in [0.05, 0.1) is 22.2 Å². The topological polar surface area (TPSA) is 140 Å². The van der Waals surface area contributed by atoms with Gasteiger partial charge in [0.1, 0.15) is 23.5 Å². The van der Waals surface area contributed by atoms with Gasteiger partial charge in [-0.1, -0.05) is 22.9 Å². The first-order valence-electron chi connectivity index (χ1n) is 11.2. The summed E-state index contributed by atoms with van der Waals surface area (Å²) in [6, 6.07) is 6.01. The number of nitrogens with zero attached hydrogens (tertiary/aromatic N) is 6. The normalized spacial score (nSPS) is 24.1. The highest BCUT2D eigenvalue weighted by atomic mass is 32.2. The minimum Gasteiger partial charge on any atom is -0.463 e. The number of amidine groups is 1. The summed E-state index contributed by atoms with van der Waals surface area (Å²) in [5.74, 6) is 2.08. The molecule has 4 heterocycles. The fraction of sp³-hybridized carbons (Fsp3) is 0.250. The molecule has 1 aromatic carbocycles. The number of aromatic amines is 1. The highest BCUT2D eigenvalue weighted by Crippen LogP contribution is 2.71. The van der Waals surface area contributed by atoms with Crippen LogP contribution in [-0.2, 0) is 10.3 Å². The van der Waals surface area contributed by atoms with Crippen LogP contribution in [-0.4, -0.2) is 48.8 Å². The Morgan fingerprint density at radius 1 is 1.32 bits per heavy atom. The SMILES string of the molecule is C#CCOc1cnc2c(Nc3ccc(F)c([C@@]4(CF)N=C(N)S[C@@]5(c6c[nH]nn6)CC45)c3)nccc2n1. The lowest BCUT2D eigenvalue weighted by Crippen LogP contribution is -2.39. The van der Waals surface area contributed by atoms with E-state index < -0.39 is 22.8 Å². The number of nitrogens with one attached hydrogen (secondary N) is 2. The molecule has 1 saturated carbocycles.